The Balaban J connectivity index is 2.17. The van der Waals surface area contributed by atoms with Crippen molar-refractivity contribution in [2.24, 2.45) is 5.92 Å². The molecule has 1 aliphatic heterocycles. The molecule has 0 aliphatic carbocycles. The highest BCUT2D eigenvalue weighted by atomic mass is 35.5. The summed E-state index contributed by atoms with van der Waals surface area (Å²) >= 11 is 5.82. The maximum atomic E-state index is 12.4. The minimum absolute atomic E-state index is 0.0362. The summed E-state index contributed by atoms with van der Waals surface area (Å²) < 4.78 is 0. The van der Waals surface area contributed by atoms with Gasteiger partial charge in [0.2, 0.25) is 0 Å². The Morgan fingerprint density at radius 2 is 2.28 bits per heavy atom. The molecule has 0 spiro atoms. The van der Waals surface area contributed by atoms with Gasteiger partial charge in [-0.3, -0.25) is 4.79 Å². The second-order valence-corrected chi connectivity index (χ2v) is 5.31. The quantitative estimate of drug-likeness (QED) is 0.796. The number of pyridine rings is 1. The molecule has 1 aromatic heterocycles. The second-order valence-electron chi connectivity index (χ2n) is 4.92. The number of hydrogen-bond donors (Lipinski definition) is 1. The van der Waals surface area contributed by atoms with Crippen LogP contribution in [0.25, 0.3) is 0 Å². The zero-order chi connectivity index (χ0) is 13.1. The molecule has 1 saturated heterocycles. The number of hydrogen-bond acceptors (Lipinski definition) is 3. The molecular weight excluding hydrogens is 250 g/mol. The minimum Gasteiger partial charge on any atom is -0.397 e. The predicted molar refractivity (Wildman–Crippen MR) is 72.6 cm³/mol. The number of nitrogens with two attached hydrogens (primary N) is 1. The van der Waals surface area contributed by atoms with Gasteiger partial charge in [-0.15, -0.1) is 0 Å². The van der Waals surface area contributed by atoms with E-state index in [0.29, 0.717) is 22.3 Å². The molecule has 0 radical (unpaired) electrons. The van der Waals surface area contributed by atoms with Crippen LogP contribution in [-0.4, -0.2) is 28.9 Å². The Labute approximate surface area is 112 Å². The number of halogens is 1. The number of aromatic nitrogens is 1. The Morgan fingerprint density at radius 3 is 3.06 bits per heavy atom. The third kappa shape index (κ3) is 2.93. The molecule has 0 aromatic carbocycles. The fraction of sp³-hybridized carbons (Fsp3) is 0.538. The van der Waals surface area contributed by atoms with Gasteiger partial charge in [0.25, 0.3) is 5.91 Å². The summed E-state index contributed by atoms with van der Waals surface area (Å²) in [6.07, 6.45) is 4.71. The van der Waals surface area contributed by atoms with E-state index in [-0.39, 0.29) is 5.91 Å². The van der Waals surface area contributed by atoms with Crippen molar-refractivity contribution in [2.45, 2.75) is 26.2 Å². The lowest BCUT2D eigenvalue weighted by Crippen LogP contribution is -2.32. The first-order chi connectivity index (χ1) is 8.58. The first kappa shape index (κ1) is 13.1. The van der Waals surface area contributed by atoms with Crippen LogP contribution in [0.3, 0.4) is 0 Å². The van der Waals surface area contributed by atoms with Gasteiger partial charge in [-0.2, -0.15) is 0 Å². The molecule has 4 nitrogen and oxygen atoms in total. The van der Waals surface area contributed by atoms with E-state index in [1.54, 1.807) is 6.07 Å². The maximum absolute atomic E-state index is 12.4. The van der Waals surface area contributed by atoms with Crippen LogP contribution in [0, 0.1) is 5.92 Å². The van der Waals surface area contributed by atoms with Gasteiger partial charge in [-0.25, -0.2) is 4.98 Å². The highest BCUT2D eigenvalue weighted by Gasteiger charge is 2.21. The van der Waals surface area contributed by atoms with Crippen molar-refractivity contribution in [2.75, 3.05) is 18.8 Å². The molecule has 1 unspecified atom stereocenters. The van der Waals surface area contributed by atoms with Crippen LogP contribution < -0.4 is 5.73 Å². The van der Waals surface area contributed by atoms with Crippen LogP contribution in [0.15, 0.2) is 12.3 Å². The molecule has 1 aliphatic rings. The summed E-state index contributed by atoms with van der Waals surface area (Å²) in [6.45, 7) is 3.81. The lowest BCUT2D eigenvalue weighted by Gasteiger charge is -2.21. The third-order valence-corrected chi connectivity index (χ3v) is 3.64. The van der Waals surface area contributed by atoms with Crippen LogP contribution in [0.4, 0.5) is 5.69 Å². The van der Waals surface area contributed by atoms with Crippen molar-refractivity contribution in [1.29, 1.82) is 0 Å². The van der Waals surface area contributed by atoms with Gasteiger partial charge in [-0.05, 0) is 31.2 Å². The Bertz CT molecular complexity index is 450. The largest absolute Gasteiger partial charge is 0.397 e. The average Bonchev–Trinajstić information content (AvgIpc) is 2.56. The summed E-state index contributed by atoms with van der Waals surface area (Å²) in [5.74, 6) is 0.645. The molecule has 1 aromatic rings. The number of carbonyl (C=O) groups is 1. The number of carbonyl (C=O) groups excluding carboxylic acids is 1. The number of anilines is 1. The lowest BCUT2D eigenvalue weighted by atomic mass is 10.0. The summed E-state index contributed by atoms with van der Waals surface area (Å²) in [7, 11) is 0. The Morgan fingerprint density at radius 1 is 1.50 bits per heavy atom. The van der Waals surface area contributed by atoms with E-state index in [4.69, 9.17) is 17.3 Å². The SMILES string of the molecule is CC1CCCN(C(=O)c2cc(Cl)ncc2N)CC1. The first-order valence-electron chi connectivity index (χ1n) is 6.28. The van der Waals surface area contributed by atoms with E-state index in [1.807, 2.05) is 4.90 Å². The molecule has 0 saturated carbocycles. The van der Waals surface area contributed by atoms with Crippen molar-refractivity contribution in [3.05, 3.63) is 23.0 Å². The van der Waals surface area contributed by atoms with Crippen LogP contribution in [0.5, 0.6) is 0 Å². The second kappa shape index (κ2) is 5.57. The Kier molecular flexibility index (Phi) is 4.07. The van der Waals surface area contributed by atoms with Gasteiger partial charge >= 0.3 is 0 Å². The first-order valence-corrected chi connectivity index (χ1v) is 6.66. The minimum atomic E-state index is -0.0362. The smallest absolute Gasteiger partial charge is 0.256 e. The van der Waals surface area contributed by atoms with Crippen LogP contribution in [0.2, 0.25) is 5.15 Å². The highest BCUT2D eigenvalue weighted by Crippen LogP contribution is 2.21. The molecule has 2 N–H and O–H groups in total. The average molecular weight is 268 g/mol. The van der Waals surface area contributed by atoms with E-state index >= 15 is 0 Å². The van der Waals surface area contributed by atoms with Crippen LogP contribution >= 0.6 is 11.6 Å². The van der Waals surface area contributed by atoms with E-state index < -0.39 is 0 Å². The molecule has 2 rings (SSSR count). The Hall–Kier alpha value is -1.29. The summed E-state index contributed by atoms with van der Waals surface area (Å²) in [6, 6.07) is 1.55. The topological polar surface area (TPSA) is 59.2 Å². The van der Waals surface area contributed by atoms with Gasteiger partial charge in [0.1, 0.15) is 5.15 Å². The number of rotatable bonds is 1. The van der Waals surface area contributed by atoms with Gasteiger partial charge in [0.15, 0.2) is 0 Å². The number of nitrogens with zero attached hydrogens (tertiary/aromatic N) is 2. The summed E-state index contributed by atoms with van der Waals surface area (Å²) in [4.78, 5) is 18.1. The molecule has 1 fully saturated rings. The molecule has 1 amide bonds. The summed E-state index contributed by atoms with van der Waals surface area (Å²) in [5.41, 5.74) is 6.65. The van der Waals surface area contributed by atoms with E-state index in [2.05, 4.69) is 11.9 Å². The molecule has 2 heterocycles. The fourth-order valence-corrected chi connectivity index (χ4v) is 2.42. The van der Waals surface area contributed by atoms with E-state index in [1.165, 1.54) is 12.6 Å². The normalized spacial score (nSPS) is 20.6. The monoisotopic (exact) mass is 267 g/mol. The van der Waals surface area contributed by atoms with E-state index in [9.17, 15) is 4.79 Å². The number of amides is 1. The van der Waals surface area contributed by atoms with Crippen molar-refractivity contribution in [3.63, 3.8) is 0 Å². The van der Waals surface area contributed by atoms with Crippen molar-refractivity contribution < 1.29 is 4.79 Å². The fourth-order valence-electron chi connectivity index (χ4n) is 2.26. The lowest BCUT2D eigenvalue weighted by molar-refractivity contribution is 0.0761. The van der Waals surface area contributed by atoms with Crippen molar-refractivity contribution >= 4 is 23.2 Å². The van der Waals surface area contributed by atoms with Crippen LogP contribution in [0.1, 0.15) is 36.5 Å². The zero-order valence-electron chi connectivity index (χ0n) is 10.5. The third-order valence-electron chi connectivity index (χ3n) is 3.44. The van der Waals surface area contributed by atoms with Crippen molar-refractivity contribution in [3.8, 4) is 0 Å². The number of nitrogen functional groups attached to an aromatic ring is 1. The molecular formula is C13H18ClN3O. The molecule has 98 valence electrons. The van der Waals surface area contributed by atoms with Crippen LogP contribution in [-0.2, 0) is 0 Å². The van der Waals surface area contributed by atoms with Crippen molar-refractivity contribution in [1.82, 2.24) is 9.88 Å². The molecule has 5 heteroatoms. The van der Waals surface area contributed by atoms with Gasteiger partial charge < -0.3 is 10.6 Å². The van der Waals surface area contributed by atoms with Gasteiger partial charge in [0, 0.05) is 13.1 Å². The standard InChI is InChI=1S/C13H18ClN3O/c1-9-3-2-5-17(6-4-9)13(18)10-7-12(14)16-8-11(10)15/h7-9H,2-6,15H2,1H3. The number of likely N-dealkylation sites (tertiary alicyclic amines) is 1. The van der Waals surface area contributed by atoms with Gasteiger partial charge in [0.05, 0.1) is 17.4 Å². The molecule has 1 atom stereocenters. The molecule has 18 heavy (non-hydrogen) atoms. The summed E-state index contributed by atoms with van der Waals surface area (Å²) in [5, 5.41) is 0.302. The maximum Gasteiger partial charge on any atom is 0.256 e. The van der Waals surface area contributed by atoms with E-state index in [0.717, 1.165) is 25.9 Å². The zero-order valence-corrected chi connectivity index (χ0v) is 11.3. The highest BCUT2D eigenvalue weighted by molar-refractivity contribution is 6.29. The molecule has 0 bridgehead atoms. The van der Waals surface area contributed by atoms with Gasteiger partial charge in [-0.1, -0.05) is 18.5 Å². The predicted octanol–water partition coefficient (Wildman–Crippen LogP) is 2.58.